The van der Waals surface area contributed by atoms with E-state index in [1.165, 1.54) is 12.1 Å². The summed E-state index contributed by atoms with van der Waals surface area (Å²) >= 11 is 0. The van der Waals surface area contributed by atoms with Crippen molar-refractivity contribution < 1.29 is 23.1 Å². The van der Waals surface area contributed by atoms with Crippen LogP contribution in [0.25, 0.3) is 10.9 Å². The quantitative estimate of drug-likeness (QED) is 0.395. The van der Waals surface area contributed by atoms with E-state index in [2.05, 4.69) is 4.57 Å². The predicted molar refractivity (Wildman–Crippen MR) is 113 cm³/mol. The zero-order valence-electron chi connectivity index (χ0n) is 16.5. The van der Waals surface area contributed by atoms with Crippen molar-refractivity contribution in [3.63, 3.8) is 0 Å². The molecule has 0 aliphatic carbocycles. The number of hydrogen-bond donors (Lipinski definition) is 1. The SMILES string of the molecule is O=C(O)CC(c1ccc(C(F)(F)F)cc1)c1cn(Cc2ccccc2)c2ccccc12. The molecule has 1 heterocycles. The molecule has 0 fully saturated rings. The molecular formula is C25H20F3NO2. The fourth-order valence-electron chi connectivity index (χ4n) is 3.95. The Balaban J connectivity index is 1.80. The Morgan fingerprint density at radius 2 is 1.55 bits per heavy atom. The maximum absolute atomic E-state index is 13.0. The van der Waals surface area contributed by atoms with E-state index in [1.807, 2.05) is 60.8 Å². The van der Waals surface area contributed by atoms with Crippen molar-refractivity contribution in [2.75, 3.05) is 0 Å². The highest BCUT2D eigenvalue weighted by Crippen LogP contribution is 2.37. The second-order valence-corrected chi connectivity index (χ2v) is 7.49. The van der Waals surface area contributed by atoms with E-state index in [-0.39, 0.29) is 6.42 Å². The normalized spacial score (nSPS) is 12.7. The Hall–Kier alpha value is -3.54. The van der Waals surface area contributed by atoms with Gasteiger partial charge in [0.05, 0.1) is 12.0 Å². The van der Waals surface area contributed by atoms with E-state index < -0.39 is 23.6 Å². The van der Waals surface area contributed by atoms with Crippen LogP contribution in [0, 0.1) is 0 Å². The van der Waals surface area contributed by atoms with Crippen LogP contribution in [0.1, 0.15) is 34.6 Å². The number of carbonyl (C=O) groups is 1. The number of aliphatic carboxylic acids is 1. The molecule has 0 radical (unpaired) electrons. The van der Waals surface area contributed by atoms with Crippen molar-refractivity contribution in [1.29, 1.82) is 0 Å². The molecule has 31 heavy (non-hydrogen) atoms. The van der Waals surface area contributed by atoms with Gasteiger partial charge in [0.15, 0.2) is 0 Å². The summed E-state index contributed by atoms with van der Waals surface area (Å²) in [4.78, 5) is 11.6. The number of alkyl halides is 3. The molecule has 3 nitrogen and oxygen atoms in total. The molecule has 3 aromatic carbocycles. The summed E-state index contributed by atoms with van der Waals surface area (Å²) in [7, 11) is 0. The fraction of sp³-hybridized carbons (Fsp3) is 0.160. The van der Waals surface area contributed by atoms with E-state index in [0.29, 0.717) is 12.1 Å². The summed E-state index contributed by atoms with van der Waals surface area (Å²) in [6, 6.07) is 22.3. The Labute approximate surface area is 177 Å². The van der Waals surface area contributed by atoms with Gasteiger partial charge in [-0.05, 0) is 34.9 Å². The maximum atomic E-state index is 13.0. The van der Waals surface area contributed by atoms with Crippen LogP contribution in [-0.2, 0) is 17.5 Å². The number of para-hydroxylation sites is 1. The van der Waals surface area contributed by atoms with Gasteiger partial charge in [-0.15, -0.1) is 0 Å². The van der Waals surface area contributed by atoms with Gasteiger partial charge in [0, 0.05) is 29.6 Å². The number of benzene rings is 3. The van der Waals surface area contributed by atoms with Gasteiger partial charge in [0.1, 0.15) is 0 Å². The van der Waals surface area contributed by atoms with Crippen LogP contribution in [-0.4, -0.2) is 15.6 Å². The van der Waals surface area contributed by atoms with Crippen LogP contribution in [0.5, 0.6) is 0 Å². The van der Waals surface area contributed by atoms with Gasteiger partial charge in [0.25, 0.3) is 0 Å². The molecule has 0 saturated heterocycles. The minimum Gasteiger partial charge on any atom is -0.481 e. The summed E-state index contributed by atoms with van der Waals surface area (Å²) in [5.74, 6) is -1.58. The van der Waals surface area contributed by atoms with Gasteiger partial charge in [0.2, 0.25) is 0 Å². The molecule has 6 heteroatoms. The van der Waals surface area contributed by atoms with Gasteiger partial charge in [-0.3, -0.25) is 4.79 Å². The first-order valence-electron chi connectivity index (χ1n) is 9.83. The fourth-order valence-corrected chi connectivity index (χ4v) is 3.95. The number of carboxylic acid groups (broad SMARTS) is 1. The van der Waals surface area contributed by atoms with Gasteiger partial charge in [-0.25, -0.2) is 0 Å². The topological polar surface area (TPSA) is 42.2 Å². The molecule has 4 rings (SSSR count). The molecule has 0 saturated carbocycles. The van der Waals surface area contributed by atoms with Crippen molar-refractivity contribution in [2.24, 2.45) is 0 Å². The summed E-state index contributed by atoms with van der Waals surface area (Å²) in [5, 5.41) is 10.4. The number of carboxylic acids is 1. The number of nitrogens with zero attached hydrogens (tertiary/aromatic N) is 1. The lowest BCUT2D eigenvalue weighted by molar-refractivity contribution is -0.138. The van der Waals surface area contributed by atoms with E-state index >= 15 is 0 Å². The van der Waals surface area contributed by atoms with Gasteiger partial charge in [-0.1, -0.05) is 60.7 Å². The van der Waals surface area contributed by atoms with E-state index in [1.54, 1.807) is 0 Å². The second kappa shape index (κ2) is 8.30. The molecule has 1 atom stereocenters. The van der Waals surface area contributed by atoms with Crippen LogP contribution in [0.2, 0.25) is 0 Å². The number of aromatic nitrogens is 1. The third kappa shape index (κ3) is 4.48. The molecule has 4 aromatic rings. The van der Waals surface area contributed by atoms with E-state index in [4.69, 9.17) is 0 Å². The highest BCUT2D eigenvalue weighted by molar-refractivity contribution is 5.86. The van der Waals surface area contributed by atoms with Crippen LogP contribution in [0.4, 0.5) is 13.2 Å². The maximum Gasteiger partial charge on any atom is 0.416 e. The van der Waals surface area contributed by atoms with Crippen LogP contribution in [0.15, 0.2) is 85.1 Å². The molecule has 0 amide bonds. The zero-order chi connectivity index (χ0) is 22.0. The molecule has 1 aromatic heterocycles. The van der Waals surface area contributed by atoms with Crippen LogP contribution >= 0.6 is 0 Å². The molecule has 0 aliphatic rings. The lowest BCUT2D eigenvalue weighted by Crippen LogP contribution is -2.09. The van der Waals surface area contributed by atoms with Gasteiger partial charge < -0.3 is 9.67 Å². The van der Waals surface area contributed by atoms with Crippen LogP contribution in [0.3, 0.4) is 0 Å². The minimum atomic E-state index is -4.44. The first-order valence-corrected chi connectivity index (χ1v) is 9.83. The Bertz CT molecular complexity index is 1200. The first-order chi connectivity index (χ1) is 14.8. The van der Waals surface area contributed by atoms with Gasteiger partial charge in [-0.2, -0.15) is 13.2 Å². The second-order valence-electron chi connectivity index (χ2n) is 7.49. The smallest absolute Gasteiger partial charge is 0.416 e. The summed E-state index contributed by atoms with van der Waals surface area (Å²) in [6.45, 7) is 0.605. The largest absolute Gasteiger partial charge is 0.481 e. The Morgan fingerprint density at radius 3 is 2.19 bits per heavy atom. The van der Waals surface area contributed by atoms with Crippen LogP contribution < -0.4 is 0 Å². The van der Waals surface area contributed by atoms with Crippen molar-refractivity contribution in [3.8, 4) is 0 Å². The monoisotopic (exact) mass is 423 g/mol. The molecule has 1 N–H and O–H groups in total. The van der Waals surface area contributed by atoms with Crippen molar-refractivity contribution in [2.45, 2.75) is 25.1 Å². The third-order valence-electron chi connectivity index (χ3n) is 5.41. The summed E-state index contributed by atoms with van der Waals surface area (Å²) in [6.07, 6.45) is -2.74. The first kappa shape index (κ1) is 20.7. The van der Waals surface area contributed by atoms with E-state index in [9.17, 15) is 23.1 Å². The lowest BCUT2D eigenvalue weighted by atomic mass is 9.88. The zero-order valence-corrected chi connectivity index (χ0v) is 16.5. The van der Waals surface area contributed by atoms with Crippen molar-refractivity contribution in [3.05, 3.63) is 107 Å². The predicted octanol–water partition coefficient (Wildman–Crippen LogP) is 6.32. The van der Waals surface area contributed by atoms with E-state index in [0.717, 1.165) is 34.2 Å². The molecule has 1 unspecified atom stereocenters. The molecule has 158 valence electrons. The molecular weight excluding hydrogens is 403 g/mol. The molecule has 0 bridgehead atoms. The van der Waals surface area contributed by atoms with Crippen molar-refractivity contribution in [1.82, 2.24) is 4.57 Å². The third-order valence-corrected chi connectivity index (χ3v) is 5.41. The standard InChI is InChI=1S/C25H20F3NO2/c26-25(27,28)19-12-10-18(11-13-19)21(14-24(30)31)22-16-29(15-17-6-2-1-3-7-17)23-9-5-4-8-20(22)23/h1-13,16,21H,14-15H2,(H,30,31). The molecule has 0 aliphatic heterocycles. The number of rotatable bonds is 6. The van der Waals surface area contributed by atoms with Crippen molar-refractivity contribution >= 4 is 16.9 Å². The average molecular weight is 423 g/mol. The Kier molecular flexibility index (Phi) is 5.55. The van der Waals surface area contributed by atoms with Gasteiger partial charge >= 0.3 is 12.1 Å². The summed E-state index contributed by atoms with van der Waals surface area (Å²) in [5.41, 5.74) is 2.62. The minimum absolute atomic E-state index is 0.218. The Morgan fingerprint density at radius 1 is 0.903 bits per heavy atom. The molecule has 0 spiro atoms. The summed E-state index contributed by atoms with van der Waals surface area (Å²) < 4.78 is 41.0. The number of halogens is 3. The average Bonchev–Trinajstić information content (AvgIpc) is 3.10. The lowest BCUT2D eigenvalue weighted by Gasteiger charge is -2.16. The number of hydrogen-bond acceptors (Lipinski definition) is 1. The number of fused-ring (bicyclic) bond motifs is 1. The highest BCUT2D eigenvalue weighted by atomic mass is 19.4. The highest BCUT2D eigenvalue weighted by Gasteiger charge is 2.31.